The van der Waals surface area contributed by atoms with Crippen LogP contribution >= 0.6 is 0 Å². The van der Waals surface area contributed by atoms with Gasteiger partial charge in [0.2, 0.25) is 5.88 Å². The quantitative estimate of drug-likeness (QED) is 0.472. The summed E-state index contributed by atoms with van der Waals surface area (Å²) >= 11 is 0. The maximum absolute atomic E-state index is 11.2. The molecular formula is C20H17N5O4. The predicted octanol–water partition coefficient (Wildman–Crippen LogP) is 2.94. The number of aromatic hydroxyl groups is 1. The fraction of sp³-hybridized carbons (Fsp3) is 0.100. The third-order valence-corrected chi connectivity index (χ3v) is 4.38. The molecule has 4 aromatic rings. The zero-order chi connectivity index (χ0) is 20.5. The van der Waals surface area contributed by atoms with E-state index in [-0.39, 0.29) is 23.0 Å². The molecular weight excluding hydrogens is 374 g/mol. The lowest BCUT2D eigenvalue weighted by Gasteiger charge is -2.18. The van der Waals surface area contributed by atoms with E-state index in [0.29, 0.717) is 22.3 Å². The van der Waals surface area contributed by atoms with Crippen molar-refractivity contribution >= 4 is 22.7 Å². The monoisotopic (exact) mass is 391 g/mol. The first kappa shape index (κ1) is 18.2. The number of rotatable bonds is 5. The van der Waals surface area contributed by atoms with Crippen LogP contribution in [0.5, 0.6) is 11.6 Å². The van der Waals surface area contributed by atoms with Crippen LogP contribution in [0.4, 0.5) is 5.82 Å². The van der Waals surface area contributed by atoms with Crippen molar-refractivity contribution in [3.63, 3.8) is 0 Å². The molecule has 1 aromatic carbocycles. The van der Waals surface area contributed by atoms with Crippen molar-refractivity contribution < 1.29 is 19.7 Å². The van der Waals surface area contributed by atoms with E-state index in [2.05, 4.69) is 15.1 Å². The minimum absolute atomic E-state index is 0.138. The number of benzene rings is 1. The van der Waals surface area contributed by atoms with Gasteiger partial charge in [-0.3, -0.25) is 0 Å². The molecule has 0 aliphatic rings. The fourth-order valence-electron chi connectivity index (χ4n) is 3.01. The van der Waals surface area contributed by atoms with Gasteiger partial charge in [-0.25, -0.2) is 19.4 Å². The zero-order valence-electron chi connectivity index (χ0n) is 15.4. The van der Waals surface area contributed by atoms with Gasteiger partial charge in [-0.2, -0.15) is 5.10 Å². The van der Waals surface area contributed by atoms with Gasteiger partial charge in [-0.05, 0) is 43.3 Å². The van der Waals surface area contributed by atoms with Gasteiger partial charge in [0.1, 0.15) is 11.8 Å². The van der Waals surface area contributed by atoms with Gasteiger partial charge in [0, 0.05) is 23.8 Å². The Hall–Kier alpha value is -4.14. The van der Waals surface area contributed by atoms with Crippen molar-refractivity contribution in [3.8, 4) is 17.3 Å². The summed E-state index contributed by atoms with van der Waals surface area (Å²) in [6, 6.07) is 11.1. The predicted molar refractivity (Wildman–Crippen MR) is 105 cm³/mol. The molecule has 1 atom stereocenters. The number of carbonyl (C=O) groups is 1. The summed E-state index contributed by atoms with van der Waals surface area (Å²) in [5.74, 6) is -0.744. The van der Waals surface area contributed by atoms with Crippen LogP contribution in [-0.2, 0) is 0 Å². The number of carboxylic acid groups (broad SMARTS) is 1. The number of hydrogen-bond acceptors (Lipinski definition) is 7. The molecule has 0 unspecified atom stereocenters. The number of hydrogen-bond donors (Lipinski definition) is 3. The molecule has 0 radical (unpaired) electrons. The van der Waals surface area contributed by atoms with Gasteiger partial charge in [0.15, 0.2) is 11.6 Å². The molecule has 9 nitrogen and oxygen atoms in total. The van der Waals surface area contributed by atoms with Crippen molar-refractivity contribution in [3.05, 3.63) is 66.1 Å². The number of nitrogen functional groups attached to an aromatic ring is 1. The number of ether oxygens (including phenoxy) is 1. The van der Waals surface area contributed by atoms with E-state index in [9.17, 15) is 15.0 Å². The smallest absolute Gasteiger partial charge is 0.335 e. The standard InChI is InChI=1S/C20H17N5O4/c1-11(18-15(5-6-17(26)24-18)25-8-2-7-22-25)29-16-10-13-9-12(20(27)28)3-4-14(13)23-19(16)21/h2-11H,1H3,(H2,21,23)(H,24,26)(H,27,28)/t11-/m0/s1. The highest BCUT2D eigenvalue weighted by Crippen LogP contribution is 2.31. The minimum atomic E-state index is -1.03. The highest BCUT2D eigenvalue weighted by atomic mass is 16.5. The maximum Gasteiger partial charge on any atom is 0.335 e. The molecule has 0 fully saturated rings. The van der Waals surface area contributed by atoms with E-state index < -0.39 is 12.1 Å². The molecule has 4 N–H and O–H groups in total. The molecule has 29 heavy (non-hydrogen) atoms. The zero-order valence-corrected chi connectivity index (χ0v) is 15.4. The number of nitrogens with two attached hydrogens (primary N) is 1. The maximum atomic E-state index is 11.2. The Morgan fingerprint density at radius 1 is 1.21 bits per heavy atom. The molecule has 0 amide bonds. The molecule has 0 saturated heterocycles. The second-order valence-electron chi connectivity index (χ2n) is 6.37. The third kappa shape index (κ3) is 3.53. The highest BCUT2D eigenvalue weighted by Gasteiger charge is 2.19. The van der Waals surface area contributed by atoms with Gasteiger partial charge >= 0.3 is 5.97 Å². The van der Waals surface area contributed by atoms with Crippen molar-refractivity contribution in [1.82, 2.24) is 19.7 Å². The molecule has 0 spiro atoms. The summed E-state index contributed by atoms with van der Waals surface area (Å²) in [6.07, 6.45) is 2.78. The van der Waals surface area contributed by atoms with Crippen LogP contribution in [0.1, 0.15) is 29.1 Å². The first-order valence-corrected chi connectivity index (χ1v) is 8.72. The second kappa shape index (κ2) is 7.12. The van der Waals surface area contributed by atoms with E-state index in [1.807, 2.05) is 0 Å². The highest BCUT2D eigenvalue weighted by molar-refractivity contribution is 5.94. The number of fused-ring (bicyclic) bond motifs is 1. The van der Waals surface area contributed by atoms with Crippen LogP contribution < -0.4 is 10.5 Å². The number of pyridine rings is 2. The van der Waals surface area contributed by atoms with Crippen LogP contribution in [0.2, 0.25) is 0 Å². The van der Waals surface area contributed by atoms with E-state index in [4.69, 9.17) is 10.5 Å². The van der Waals surface area contributed by atoms with Crippen LogP contribution in [0, 0.1) is 0 Å². The summed E-state index contributed by atoms with van der Waals surface area (Å²) in [6.45, 7) is 1.76. The van der Waals surface area contributed by atoms with Gasteiger partial charge < -0.3 is 20.7 Å². The SMILES string of the molecule is C[C@H](Oc1cc2cc(C(=O)O)ccc2nc1N)c1nc(O)ccc1-n1cccn1. The number of anilines is 1. The lowest BCUT2D eigenvalue weighted by molar-refractivity contribution is 0.0697. The fourth-order valence-corrected chi connectivity index (χ4v) is 3.01. The van der Waals surface area contributed by atoms with Gasteiger partial charge in [0.05, 0.1) is 16.8 Å². The van der Waals surface area contributed by atoms with Gasteiger partial charge in [0.25, 0.3) is 0 Å². The lowest BCUT2D eigenvalue weighted by Crippen LogP contribution is -2.12. The number of aromatic nitrogens is 4. The Balaban J connectivity index is 1.72. The molecule has 4 rings (SSSR count). The second-order valence-corrected chi connectivity index (χ2v) is 6.37. The van der Waals surface area contributed by atoms with E-state index in [0.717, 1.165) is 0 Å². The molecule has 0 aliphatic carbocycles. The van der Waals surface area contributed by atoms with Crippen LogP contribution in [0.25, 0.3) is 16.6 Å². The minimum Gasteiger partial charge on any atom is -0.493 e. The van der Waals surface area contributed by atoms with Crippen molar-refractivity contribution in [1.29, 1.82) is 0 Å². The number of aromatic carboxylic acids is 1. The average molecular weight is 391 g/mol. The first-order chi connectivity index (χ1) is 13.9. The van der Waals surface area contributed by atoms with Crippen molar-refractivity contribution in [2.75, 3.05) is 5.73 Å². The van der Waals surface area contributed by atoms with Gasteiger partial charge in [-0.1, -0.05) is 0 Å². The molecule has 0 saturated carbocycles. The first-order valence-electron chi connectivity index (χ1n) is 8.72. The van der Waals surface area contributed by atoms with Crippen LogP contribution in [0.15, 0.2) is 54.9 Å². The normalized spacial score (nSPS) is 12.0. The Morgan fingerprint density at radius 2 is 2.03 bits per heavy atom. The van der Waals surface area contributed by atoms with Gasteiger partial charge in [-0.15, -0.1) is 0 Å². The summed E-state index contributed by atoms with van der Waals surface area (Å²) in [4.78, 5) is 19.7. The Bertz CT molecular complexity index is 1210. The Labute approximate surface area is 165 Å². The molecule has 3 aromatic heterocycles. The number of nitrogens with zero attached hydrogens (tertiary/aromatic N) is 4. The van der Waals surface area contributed by atoms with Crippen LogP contribution in [0.3, 0.4) is 0 Å². The average Bonchev–Trinajstić information content (AvgIpc) is 3.22. The van der Waals surface area contributed by atoms with E-state index in [1.54, 1.807) is 48.3 Å². The topological polar surface area (TPSA) is 136 Å². The van der Waals surface area contributed by atoms with E-state index >= 15 is 0 Å². The lowest BCUT2D eigenvalue weighted by atomic mass is 10.1. The molecule has 9 heteroatoms. The largest absolute Gasteiger partial charge is 0.493 e. The summed E-state index contributed by atoms with van der Waals surface area (Å²) < 4.78 is 7.60. The molecule has 0 bridgehead atoms. The van der Waals surface area contributed by atoms with E-state index in [1.165, 1.54) is 18.2 Å². The summed E-state index contributed by atoms with van der Waals surface area (Å²) in [7, 11) is 0. The third-order valence-electron chi connectivity index (χ3n) is 4.38. The summed E-state index contributed by atoms with van der Waals surface area (Å²) in [5.41, 5.74) is 7.82. The Kier molecular flexibility index (Phi) is 4.47. The molecule has 3 heterocycles. The number of carboxylic acids is 1. The Morgan fingerprint density at radius 3 is 2.76 bits per heavy atom. The summed E-state index contributed by atoms with van der Waals surface area (Å²) in [5, 5.41) is 23.8. The van der Waals surface area contributed by atoms with Crippen molar-refractivity contribution in [2.45, 2.75) is 13.0 Å². The van der Waals surface area contributed by atoms with Crippen LogP contribution in [-0.4, -0.2) is 35.9 Å². The molecule has 0 aliphatic heterocycles. The molecule has 146 valence electrons. The van der Waals surface area contributed by atoms with Crippen molar-refractivity contribution in [2.24, 2.45) is 0 Å².